The first-order valence-corrected chi connectivity index (χ1v) is 6.91. The summed E-state index contributed by atoms with van der Waals surface area (Å²) in [6.45, 7) is 3.59. The lowest BCUT2D eigenvalue weighted by Gasteiger charge is -2.21. The predicted molar refractivity (Wildman–Crippen MR) is 72.8 cm³/mol. The van der Waals surface area contributed by atoms with Gasteiger partial charge in [0, 0.05) is 13.1 Å². The summed E-state index contributed by atoms with van der Waals surface area (Å²) in [6, 6.07) is 4.60. The summed E-state index contributed by atoms with van der Waals surface area (Å²) in [6.07, 6.45) is 0. The summed E-state index contributed by atoms with van der Waals surface area (Å²) < 4.78 is 32.6. The molecule has 18 heavy (non-hydrogen) atoms. The first-order valence-electron chi connectivity index (χ1n) is 5.47. The van der Waals surface area contributed by atoms with Gasteiger partial charge in [0.1, 0.15) is 5.75 Å². The molecular weight excluding hydrogens is 254 g/mol. The van der Waals surface area contributed by atoms with Gasteiger partial charge in [0.25, 0.3) is 0 Å². The highest BCUT2D eigenvalue weighted by molar-refractivity contribution is 7.90. The molecule has 0 saturated heterocycles. The number of nitrogens with two attached hydrogens (primary N) is 1. The third-order valence-electron chi connectivity index (χ3n) is 2.58. The fraction of sp³-hybridized carbons (Fsp3) is 0.455. The average Bonchev–Trinajstić information content (AvgIpc) is 2.27. The molecule has 0 atom stereocenters. The Bertz CT molecular complexity index is 514. The molecule has 1 aromatic rings. The Morgan fingerprint density at radius 1 is 1.39 bits per heavy atom. The smallest absolute Gasteiger partial charge is 0.301 e. The van der Waals surface area contributed by atoms with Crippen molar-refractivity contribution in [3.63, 3.8) is 0 Å². The number of nitrogens with zero attached hydrogens (tertiary/aromatic N) is 1. The van der Waals surface area contributed by atoms with Gasteiger partial charge < -0.3 is 10.5 Å². The van der Waals surface area contributed by atoms with Crippen molar-refractivity contribution in [3.05, 3.63) is 18.2 Å². The average molecular weight is 273 g/mol. The summed E-state index contributed by atoms with van der Waals surface area (Å²) in [4.78, 5) is 0. The van der Waals surface area contributed by atoms with Crippen molar-refractivity contribution in [2.45, 2.75) is 19.9 Å². The number of nitrogens with one attached hydrogen (secondary N) is 1. The number of rotatable bonds is 5. The minimum atomic E-state index is -3.56. The van der Waals surface area contributed by atoms with E-state index in [1.807, 2.05) is 0 Å². The van der Waals surface area contributed by atoms with Gasteiger partial charge in [-0.25, -0.2) is 0 Å². The van der Waals surface area contributed by atoms with Crippen LogP contribution in [0, 0.1) is 0 Å². The topological polar surface area (TPSA) is 84.7 Å². The van der Waals surface area contributed by atoms with Crippen LogP contribution < -0.4 is 15.2 Å². The lowest BCUT2D eigenvalue weighted by molar-refractivity contribution is 0.414. The molecule has 0 radical (unpaired) electrons. The van der Waals surface area contributed by atoms with Crippen molar-refractivity contribution in [1.82, 2.24) is 4.31 Å². The monoisotopic (exact) mass is 273 g/mol. The molecule has 0 aliphatic carbocycles. The number of ether oxygens (including phenoxy) is 1. The van der Waals surface area contributed by atoms with Crippen LogP contribution >= 0.6 is 0 Å². The van der Waals surface area contributed by atoms with Crippen LogP contribution in [0.15, 0.2) is 18.2 Å². The minimum Gasteiger partial charge on any atom is -0.495 e. The molecule has 7 heteroatoms. The highest BCUT2D eigenvalue weighted by atomic mass is 32.2. The number of nitrogen functional groups attached to an aromatic ring is 1. The first kappa shape index (κ1) is 14.6. The van der Waals surface area contributed by atoms with E-state index in [1.165, 1.54) is 24.5 Å². The van der Waals surface area contributed by atoms with Crippen molar-refractivity contribution in [2.24, 2.45) is 0 Å². The molecule has 0 bridgehead atoms. The quantitative estimate of drug-likeness (QED) is 0.791. The number of methoxy groups -OCH3 is 1. The lowest BCUT2D eigenvalue weighted by Crippen LogP contribution is -2.37. The maximum atomic E-state index is 11.9. The van der Waals surface area contributed by atoms with E-state index in [2.05, 4.69) is 4.72 Å². The number of hydrogen-bond donors (Lipinski definition) is 2. The number of hydrogen-bond acceptors (Lipinski definition) is 4. The van der Waals surface area contributed by atoms with E-state index >= 15 is 0 Å². The predicted octanol–water partition coefficient (Wildman–Crippen LogP) is 1.27. The van der Waals surface area contributed by atoms with Gasteiger partial charge in [0.2, 0.25) is 0 Å². The van der Waals surface area contributed by atoms with E-state index in [0.29, 0.717) is 17.1 Å². The second-order valence-electron chi connectivity index (χ2n) is 4.17. The molecule has 1 rings (SSSR count). The molecule has 1 aromatic carbocycles. The fourth-order valence-electron chi connectivity index (χ4n) is 1.30. The summed E-state index contributed by atoms with van der Waals surface area (Å²) >= 11 is 0. The van der Waals surface area contributed by atoms with Crippen molar-refractivity contribution in [2.75, 3.05) is 24.6 Å². The standard InChI is InChI=1S/C11H19N3O3S/c1-8(2)14(3)18(15,16)13-9-5-6-11(17-4)10(12)7-9/h5-8,13H,12H2,1-4H3. The Balaban J connectivity index is 2.95. The molecule has 102 valence electrons. The van der Waals surface area contributed by atoms with Gasteiger partial charge in [-0.2, -0.15) is 12.7 Å². The van der Waals surface area contributed by atoms with Gasteiger partial charge >= 0.3 is 10.2 Å². The van der Waals surface area contributed by atoms with Crippen molar-refractivity contribution in [1.29, 1.82) is 0 Å². The molecular formula is C11H19N3O3S. The van der Waals surface area contributed by atoms with Crippen LogP contribution in [0.5, 0.6) is 5.75 Å². The van der Waals surface area contributed by atoms with Crippen LogP contribution in [0.2, 0.25) is 0 Å². The molecule has 0 aliphatic rings. The Hall–Kier alpha value is -1.47. The normalized spacial score (nSPS) is 11.9. The lowest BCUT2D eigenvalue weighted by atomic mass is 10.2. The maximum Gasteiger partial charge on any atom is 0.301 e. The third kappa shape index (κ3) is 3.27. The zero-order valence-electron chi connectivity index (χ0n) is 11.0. The molecule has 0 fully saturated rings. The summed E-state index contributed by atoms with van der Waals surface area (Å²) in [5.41, 5.74) is 6.50. The minimum absolute atomic E-state index is 0.127. The van der Waals surface area contributed by atoms with Crippen LogP contribution in [0.4, 0.5) is 11.4 Å². The van der Waals surface area contributed by atoms with E-state index in [0.717, 1.165) is 0 Å². The summed E-state index contributed by atoms with van der Waals surface area (Å²) in [7, 11) is -0.546. The van der Waals surface area contributed by atoms with Crippen LogP contribution in [0.3, 0.4) is 0 Å². The van der Waals surface area contributed by atoms with E-state index in [9.17, 15) is 8.42 Å². The van der Waals surface area contributed by atoms with Crippen molar-refractivity contribution >= 4 is 21.6 Å². The number of benzene rings is 1. The molecule has 0 spiro atoms. The molecule has 0 saturated carbocycles. The molecule has 0 heterocycles. The van der Waals surface area contributed by atoms with Gasteiger partial charge in [-0.1, -0.05) is 0 Å². The Kier molecular flexibility index (Phi) is 4.42. The Morgan fingerprint density at radius 2 is 2.00 bits per heavy atom. The van der Waals surface area contributed by atoms with Crippen LogP contribution in [0.1, 0.15) is 13.8 Å². The van der Waals surface area contributed by atoms with Crippen LogP contribution in [0.25, 0.3) is 0 Å². The van der Waals surface area contributed by atoms with Crippen molar-refractivity contribution < 1.29 is 13.2 Å². The molecule has 0 amide bonds. The molecule has 0 aliphatic heterocycles. The molecule has 0 unspecified atom stereocenters. The van der Waals surface area contributed by atoms with Crippen LogP contribution in [-0.2, 0) is 10.2 Å². The number of anilines is 2. The highest BCUT2D eigenvalue weighted by Crippen LogP contribution is 2.25. The molecule has 0 aromatic heterocycles. The SMILES string of the molecule is COc1ccc(NS(=O)(=O)N(C)C(C)C)cc1N. The third-order valence-corrected chi connectivity index (χ3v) is 4.26. The summed E-state index contributed by atoms with van der Waals surface area (Å²) in [5.74, 6) is 0.509. The van der Waals surface area contributed by atoms with E-state index in [-0.39, 0.29) is 6.04 Å². The van der Waals surface area contributed by atoms with Gasteiger partial charge in [-0.3, -0.25) is 4.72 Å². The Morgan fingerprint density at radius 3 is 2.44 bits per heavy atom. The highest BCUT2D eigenvalue weighted by Gasteiger charge is 2.20. The second-order valence-corrected chi connectivity index (χ2v) is 5.90. The molecule has 3 N–H and O–H groups in total. The second kappa shape index (κ2) is 5.45. The van der Waals surface area contributed by atoms with E-state index in [1.54, 1.807) is 26.0 Å². The van der Waals surface area contributed by atoms with Crippen LogP contribution in [-0.4, -0.2) is 32.9 Å². The largest absolute Gasteiger partial charge is 0.495 e. The van der Waals surface area contributed by atoms with Gasteiger partial charge in [-0.15, -0.1) is 0 Å². The van der Waals surface area contributed by atoms with E-state index in [4.69, 9.17) is 10.5 Å². The van der Waals surface area contributed by atoms with Gasteiger partial charge in [-0.05, 0) is 32.0 Å². The van der Waals surface area contributed by atoms with E-state index < -0.39 is 10.2 Å². The first-order chi connectivity index (χ1) is 8.27. The molecule has 6 nitrogen and oxygen atoms in total. The van der Waals surface area contributed by atoms with Gasteiger partial charge in [0.05, 0.1) is 18.5 Å². The summed E-state index contributed by atoms with van der Waals surface area (Å²) in [5, 5.41) is 0. The maximum absolute atomic E-state index is 11.9. The fourth-order valence-corrected chi connectivity index (χ4v) is 2.42. The zero-order valence-corrected chi connectivity index (χ0v) is 11.8. The van der Waals surface area contributed by atoms with Gasteiger partial charge in [0.15, 0.2) is 0 Å². The van der Waals surface area contributed by atoms with Crippen molar-refractivity contribution in [3.8, 4) is 5.75 Å². The zero-order chi connectivity index (χ0) is 13.9. The Labute approximate surface area is 108 Å².